The fourth-order valence-corrected chi connectivity index (χ4v) is 4.16. The van der Waals surface area contributed by atoms with Crippen LogP contribution < -0.4 is 5.56 Å². The Hall–Kier alpha value is -1.14. The van der Waals surface area contributed by atoms with Crippen molar-refractivity contribution in [2.75, 3.05) is 19.5 Å². The second kappa shape index (κ2) is 6.30. The Morgan fingerprint density at radius 3 is 2.92 bits per heavy atom. The van der Waals surface area contributed by atoms with Crippen LogP contribution in [0.3, 0.4) is 0 Å². The molecule has 132 valence electrons. The number of aromatic nitrogens is 4. The highest BCUT2D eigenvalue weighted by Gasteiger charge is 2.44. The monoisotopic (exact) mass is 372 g/mol. The minimum absolute atomic E-state index is 0.232. The number of ether oxygens (including phenoxy) is 1. The minimum Gasteiger partial charge on any atom is -0.389 e. The first kappa shape index (κ1) is 17.7. The van der Waals surface area contributed by atoms with E-state index in [1.807, 2.05) is 0 Å². The molecule has 24 heavy (non-hydrogen) atoms. The van der Waals surface area contributed by atoms with Gasteiger partial charge in [0.05, 0.1) is 12.4 Å². The standard InChI is InChI=1S/C15H22ClN4O3P/c1-8-18-13-11(14(22)19-8)17-7-20(13)15-10(16)12(21)9(23-15)5-6-24(2,3)4/h7,9-10,12,15,21H,2,5-6H2,1,3-4H3,(H,18,19,22)/t9?,10-,12-,15-/m1/s1. The van der Waals surface area contributed by atoms with Gasteiger partial charge in [-0.05, 0) is 32.8 Å². The summed E-state index contributed by atoms with van der Waals surface area (Å²) in [5.74, 6) is 0.485. The van der Waals surface area contributed by atoms with Gasteiger partial charge in [-0.2, -0.15) is 0 Å². The second-order valence-electron chi connectivity index (χ2n) is 6.92. The Labute approximate surface area is 145 Å². The van der Waals surface area contributed by atoms with Gasteiger partial charge in [-0.3, -0.25) is 9.36 Å². The van der Waals surface area contributed by atoms with Crippen LogP contribution in [0.5, 0.6) is 0 Å². The Kier molecular flexibility index (Phi) is 4.64. The van der Waals surface area contributed by atoms with Gasteiger partial charge in [-0.15, -0.1) is 24.8 Å². The van der Waals surface area contributed by atoms with Crippen LogP contribution in [0.2, 0.25) is 0 Å². The van der Waals surface area contributed by atoms with E-state index < -0.39 is 24.6 Å². The number of aromatic amines is 1. The zero-order chi connectivity index (χ0) is 17.6. The highest BCUT2D eigenvalue weighted by atomic mass is 35.5. The number of alkyl halides is 1. The molecule has 3 rings (SSSR count). The fourth-order valence-electron chi connectivity index (χ4n) is 2.86. The molecule has 1 saturated heterocycles. The first-order valence-corrected chi connectivity index (χ1v) is 11.2. The molecular weight excluding hydrogens is 351 g/mol. The van der Waals surface area contributed by atoms with Crippen molar-refractivity contribution >= 4 is 36.0 Å². The molecule has 1 unspecified atom stereocenters. The fraction of sp³-hybridized carbons (Fsp3) is 0.600. The zero-order valence-electron chi connectivity index (χ0n) is 13.9. The summed E-state index contributed by atoms with van der Waals surface area (Å²) in [6, 6.07) is 0. The molecule has 0 saturated carbocycles. The average Bonchev–Trinajstić information content (AvgIpc) is 3.00. The van der Waals surface area contributed by atoms with Crippen molar-refractivity contribution < 1.29 is 9.84 Å². The lowest BCUT2D eigenvalue weighted by Gasteiger charge is -2.18. The molecule has 0 aromatic carbocycles. The van der Waals surface area contributed by atoms with Gasteiger partial charge in [0.25, 0.3) is 5.56 Å². The number of H-pyrrole nitrogens is 1. The number of hydrogen-bond acceptors (Lipinski definition) is 5. The number of fused-ring (bicyclic) bond motifs is 1. The average molecular weight is 373 g/mol. The van der Waals surface area contributed by atoms with Crippen molar-refractivity contribution in [3.63, 3.8) is 0 Å². The van der Waals surface area contributed by atoms with E-state index in [9.17, 15) is 9.90 Å². The lowest BCUT2D eigenvalue weighted by Crippen LogP contribution is -2.28. The Morgan fingerprint density at radius 2 is 2.25 bits per heavy atom. The van der Waals surface area contributed by atoms with Gasteiger partial charge in [-0.25, -0.2) is 9.97 Å². The third-order valence-corrected chi connectivity index (χ3v) is 6.08. The number of halogens is 1. The Balaban J connectivity index is 1.90. The number of hydrogen-bond donors (Lipinski definition) is 2. The van der Waals surface area contributed by atoms with Gasteiger partial charge in [0.1, 0.15) is 17.3 Å². The van der Waals surface area contributed by atoms with Crippen LogP contribution in [0.25, 0.3) is 11.2 Å². The number of rotatable bonds is 4. The summed E-state index contributed by atoms with van der Waals surface area (Å²) < 4.78 is 7.62. The van der Waals surface area contributed by atoms with Crippen molar-refractivity contribution in [3.05, 3.63) is 22.5 Å². The van der Waals surface area contributed by atoms with E-state index >= 15 is 0 Å². The maximum atomic E-state index is 12.0. The van der Waals surface area contributed by atoms with Crippen LogP contribution in [0, 0.1) is 6.92 Å². The van der Waals surface area contributed by atoms with E-state index in [-0.39, 0.29) is 17.2 Å². The number of aliphatic hydroxyl groups excluding tert-OH is 1. The maximum Gasteiger partial charge on any atom is 0.279 e. The molecule has 0 amide bonds. The first-order chi connectivity index (χ1) is 11.2. The van der Waals surface area contributed by atoms with E-state index in [0.717, 1.165) is 6.16 Å². The molecule has 0 bridgehead atoms. The van der Waals surface area contributed by atoms with E-state index in [0.29, 0.717) is 17.9 Å². The summed E-state index contributed by atoms with van der Waals surface area (Å²) in [7, 11) is 0. The van der Waals surface area contributed by atoms with Gasteiger partial charge in [0.15, 0.2) is 17.4 Å². The van der Waals surface area contributed by atoms with Crippen molar-refractivity contribution in [2.45, 2.75) is 37.2 Å². The van der Waals surface area contributed by atoms with Crippen molar-refractivity contribution in [2.24, 2.45) is 0 Å². The largest absolute Gasteiger partial charge is 0.389 e. The van der Waals surface area contributed by atoms with Gasteiger partial charge < -0.3 is 14.8 Å². The molecular formula is C15H22ClN4O3P. The van der Waals surface area contributed by atoms with Crippen LogP contribution in [0.15, 0.2) is 11.1 Å². The molecule has 3 heterocycles. The van der Waals surface area contributed by atoms with Gasteiger partial charge >= 0.3 is 0 Å². The Bertz CT molecular complexity index is 858. The summed E-state index contributed by atoms with van der Waals surface area (Å²) in [5, 5.41) is 9.78. The second-order valence-corrected chi connectivity index (χ2v) is 11.7. The predicted octanol–water partition coefficient (Wildman–Crippen LogP) is 1.39. The molecule has 1 aliphatic heterocycles. The molecule has 7 nitrogen and oxygen atoms in total. The van der Waals surface area contributed by atoms with Gasteiger partial charge in [0.2, 0.25) is 0 Å². The normalized spacial score (nSPS) is 27.9. The molecule has 2 N–H and O–H groups in total. The van der Waals surface area contributed by atoms with E-state index in [2.05, 4.69) is 34.6 Å². The zero-order valence-corrected chi connectivity index (χ0v) is 15.6. The summed E-state index contributed by atoms with van der Waals surface area (Å²) in [6.07, 6.45) is 5.51. The topological polar surface area (TPSA) is 93.0 Å². The smallest absolute Gasteiger partial charge is 0.279 e. The molecule has 0 spiro atoms. The summed E-state index contributed by atoms with van der Waals surface area (Å²) in [5.41, 5.74) is 0.335. The van der Waals surface area contributed by atoms with Crippen molar-refractivity contribution in [3.8, 4) is 0 Å². The number of imidazole rings is 1. The molecule has 1 fully saturated rings. The van der Waals surface area contributed by atoms with Gasteiger partial charge in [0, 0.05) is 0 Å². The van der Waals surface area contributed by atoms with E-state index in [1.54, 1.807) is 11.5 Å². The lowest BCUT2D eigenvalue weighted by atomic mass is 10.1. The Morgan fingerprint density at radius 1 is 1.54 bits per heavy atom. The highest BCUT2D eigenvalue weighted by molar-refractivity contribution is 7.72. The van der Waals surface area contributed by atoms with E-state index in [4.69, 9.17) is 16.3 Å². The number of aliphatic hydroxyl groups is 1. The predicted molar refractivity (Wildman–Crippen MR) is 97.8 cm³/mol. The van der Waals surface area contributed by atoms with Crippen LogP contribution in [0.4, 0.5) is 0 Å². The molecule has 0 radical (unpaired) electrons. The van der Waals surface area contributed by atoms with Gasteiger partial charge in [-0.1, -0.05) is 0 Å². The van der Waals surface area contributed by atoms with Crippen molar-refractivity contribution in [1.29, 1.82) is 0 Å². The number of nitrogens with zero attached hydrogens (tertiary/aromatic N) is 3. The van der Waals surface area contributed by atoms with Crippen LogP contribution >= 0.6 is 18.5 Å². The molecule has 0 aliphatic carbocycles. The minimum atomic E-state index is -1.21. The molecule has 1 aliphatic rings. The maximum absolute atomic E-state index is 12.0. The quantitative estimate of drug-likeness (QED) is 0.625. The highest BCUT2D eigenvalue weighted by Crippen LogP contribution is 2.41. The third-order valence-electron chi connectivity index (χ3n) is 4.14. The van der Waals surface area contributed by atoms with Crippen LogP contribution in [-0.4, -0.2) is 68.0 Å². The summed E-state index contributed by atoms with van der Waals surface area (Å²) in [4.78, 5) is 23.0. The molecule has 4 atom stereocenters. The first-order valence-electron chi connectivity index (χ1n) is 7.76. The SMILES string of the molecule is C=P(C)(C)CCC1O[C@@H](n2cnc3c(=O)[nH]c(C)nc32)[C@H](Cl)[C@@H]1O. The third kappa shape index (κ3) is 3.31. The van der Waals surface area contributed by atoms with Crippen LogP contribution in [-0.2, 0) is 4.74 Å². The molecule has 9 heteroatoms. The summed E-state index contributed by atoms with van der Waals surface area (Å²) in [6.45, 7) is 4.78. The number of nitrogens with one attached hydrogen (secondary N) is 1. The van der Waals surface area contributed by atoms with Crippen molar-refractivity contribution in [1.82, 2.24) is 19.5 Å². The lowest BCUT2D eigenvalue weighted by molar-refractivity contribution is -0.0176. The summed E-state index contributed by atoms with van der Waals surface area (Å²) >= 11 is 6.40. The molecule has 2 aromatic rings. The van der Waals surface area contributed by atoms with E-state index in [1.165, 1.54) is 6.33 Å². The molecule has 2 aromatic heterocycles. The van der Waals surface area contributed by atoms with Crippen LogP contribution in [0.1, 0.15) is 18.5 Å². The number of aryl methyl sites for hydroxylation is 1.